The van der Waals surface area contributed by atoms with E-state index in [9.17, 15) is 9.59 Å². The van der Waals surface area contributed by atoms with E-state index in [4.69, 9.17) is 4.74 Å². The lowest BCUT2D eigenvalue weighted by Crippen LogP contribution is -2.31. The minimum atomic E-state index is -0.0368. The topological polar surface area (TPSA) is 71.5 Å². The summed E-state index contributed by atoms with van der Waals surface area (Å²) in [5.41, 5.74) is 0.977. The molecule has 1 aromatic heterocycles. The van der Waals surface area contributed by atoms with E-state index in [0.29, 0.717) is 31.8 Å². The van der Waals surface area contributed by atoms with Crippen LogP contribution in [0.2, 0.25) is 0 Å². The first-order chi connectivity index (χ1) is 12.6. The number of nitrogens with one attached hydrogen (secondary N) is 1. The van der Waals surface area contributed by atoms with E-state index in [-0.39, 0.29) is 17.9 Å². The van der Waals surface area contributed by atoms with E-state index < -0.39 is 0 Å². The predicted molar refractivity (Wildman–Crippen MR) is 98.6 cm³/mol. The second-order valence-corrected chi connectivity index (χ2v) is 7.51. The molecule has 2 fully saturated rings. The molecule has 6 heteroatoms. The number of hydrogen-bond acceptors (Lipinski definition) is 4. The first kappa shape index (κ1) is 18.7. The zero-order valence-corrected chi connectivity index (χ0v) is 15.6. The van der Waals surface area contributed by atoms with Crippen LogP contribution < -0.4 is 10.1 Å². The van der Waals surface area contributed by atoms with Crippen LogP contribution in [0.15, 0.2) is 18.3 Å². The number of carbonyl (C=O) groups is 2. The third-order valence-electron chi connectivity index (χ3n) is 5.32. The number of nitrogens with zero attached hydrogens (tertiary/aromatic N) is 2. The van der Waals surface area contributed by atoms with Gasteiger partial charge in [-0.25, -0.2) is 4.98 Å². The molecule has 3 rings (SSSR count). The fraction of sp³-hybridized carbons (Fsp3) is 0.650. The van der Waals surface area contributed by atoms with E-state index in [1.165, 1.54) is 12.8 Å². The normalized spacial score (nSPS) is 23.1. The minimum absolute atomic E-state index is 0.0368. The Bertz CT molecular complexity index is 626. The van der Waals surface area contributed by atoms with Crippen LogP contribution >= 0.6 is 0 Å². The van der Waals surface area contributed by atoms with Gasteiger partial charge in [-0.2, -0.15) is 0 Å². The van der Waals surface area contributed by atoms with Gasteiger partial charge < -0.3 is 15.0 Å². The maximum atomic E-state index is 12.0. The molecule has 2 heterocycles. The highest BCUT2D eigenvalue weighted by Gasteiger charge is 2.21. The fourth-order valence-corrected chi connectivity index (χ4v) is 3.61. The Morgan fingerprint density at radius 1 is 1.35 bits per heavy atom. The molecule has 1 saturated carbocycles. The van der Waals surface area contributed by atoms with Crippen molar-refractivity contribution >= 4 is 11.8 Å². The van der Waals surface area contributed by atoms with Crippen molar-refractivity contribution in [1.29, 1.82) is 0 Å². The van der Waals surface area contributed by atoms with Crippen molar-refractivity contribution < 1.29 is 14.3 Å². The van der Waals surface area contributed by atoms with Gasteiger partial charge in [0.1, 0.15) is 6.10 Å². The second kappa shape index (κ2) is 9.01. The predicted octanol–water partition coefficient (Wildman–Crippen LogP) is 2.67. The van der Waals surface area contributed by atoms with Crippen molar-refractivity contribution in [2.45, 2.75) is 64.5 Å². The van der Waals surface area contributed by atoms with Gasteiger partial charge in [0.15, 0.2) is 0 Å². The van der Waals surface area contributed by atoms with E-state index in [0.717, 1.165) is 37.3 Å². The number of amides is 2. The van der Waals surface area contributed by atoms with Crippen LogP contribution in [-0.2, 0) is 16.1 Å². The van der Waals surface area contributed by atoms with Crippen molar-refractivity contribution in [3.8, 4) is 5.88 Å². The summed E-state index contributed by atoms with van der Waals surface area (Å²) in [6.45, 7) is 4.03. The number of rotatable bonds is 7. The van der Waals surface area contributed by atoms with Crippen molar-refractivity contribution in [2.75, 3.05) is 13.1 Å². The molecule has 0 spiro atoms. The van der Waals surface area contributed by atoms with E-state index in [1.807, 2.05) is 12.1 Å². The van der Waals surface area contributed by atoms with E-state index in [2.05, 4.69) is 17.2 Å². The Morgan fingerprint density at radius 3 is 2.88 bits per heavy atom. The standard InChI is InChI=1S/C20H29N3O3/c1-15-4-6-17(7-5-15)26-19-13-16(8-10-21-19)14-22-18(24)9-12-23-11-2-3-20(23)25/h8,10,13,15,17H,2-7,9,11-12,14H2,1H3,(H,22,24). The second-order valence-electron chi connectivity index (χ2n) is 7.51. The molecule has 0 atom stereocenters. The van der Waals surface area contributed by atoms with Crippen molar-refractivity contribution in [3.63, 3.8) is 0 Å². The van der Waals surface area contributed by atoms with Crippen LogP contribution in [0.5, 0.6) is 5.88 Å². The van der Waals surface area contributed by atoms with Gasteiger partial charge in [-0.3, -0.25) is 9.59 Å². The van der Waals surface area contributed by atoms with E-state index in [1.54, 1.807) is 11.1 Å². The fourth-order valence-electron chi connectivity index (χ4n) is 3.61. The van der Waals surface area contributed by atoms with Gasteiger partial charge in [0, 0.05) is 44.7 Å². The van der Waals surface area contributed by atoms with Gasteiger partial charge in [-0.05, 0) is 49.7 Å². The van der Waals surface area contributed by atoms with Crippen LogP contribution in [0.1, 0.15) is 57.4 Å². The quantitative estimate of drug-likeness (QED) is 0.812. The molecule has 142 valence electrons. The molecule has 26 heavy (non-hydrogen) atoms. The lowest BCUT2D eigenvalue weighted by atomic mass is 9.89. The molecule has 0 radical (unpaired) electrons. The lowest BCUT2D eigenvalue weighted by molar-refractivity contribution is -0.128. The molecule has 2 amide bonds. The first-order valence-electron chi connectivity index (χ1n) is 9.76. The maximum Gasteiger partial charge on any atom is 0.222 e. The summed E-state index contributed by atoms with van der Waals surface area (Å²) < 4.78 is 6.01. The van der Waals surface area contributed by atoms with Crippen molar-refractivity contribution in [2.24, 2.45) is 5.92 Å². The lowest BCUT2D eigenvalue weighted by Gasteiger charge is -2.26. The smallest absolute Gasteiger partial charge is 0.222 e. The highest BCUT2D eigenvalue weighted by molar-refractivity contribution is 5.80. The van der Waals surface area contributed by atoms with Gasteiger partial charge in [0.25, 0.3) is 0 Å². The average molecular weight is 359 g/mol. The molecule has 1 aliphatic carbocycles. The van der Waals surface area contributed by atoms with Crippen LogP contribution in [0.25, 0.3) is 0 Å². The van der Waals surface area contributed by atoms with Gasteiger partial charge in [0.05, 0.1) is 0 Å². The summed E-state index contributed by atoms with van der Waals surface area (Å²) in [6, 6.07) is 3.79. The zero-order valence-electron chi connectivity index (χ0n) is 15.6. The van der Waals surface area contributed by atoms with Crippen LogP contribution in [0, 0.1) is 5.92 Å². The molecule has 2 aliphatic rings. The Kier molecular flexibility index (Phi) is 6.47. The molecular formula is C20H29N3O3. The van der Waals surface area contributed by atoms with Crippen molar-refractivity contribution in [1.82, 2.24) is 15.2 Å². The number of pyridine rings is 1. The molecular weight excluding hydrogens is 330 g/mol. The van der Waals surface area contributed by atoms with Crippen LogP contribution in [-0.4, -0.2) is 40.9 Å². The van der Waals surface area contributed by atoms with Gasteiger partial charge >= 0.3 is 0 Å². The molecule has 1 saturated heterocycles. The largest absolute Gasteiger partial charge is 0.474 e. The monoisotopic (exact) mass is 359 g/mol. The minimum Gasteiger partial charge on any atom is -0.474 e. The van der Waals surface area contributed by atoms with Gasteiger partial charge in [-0.1, -0.05) is 6.92 Å². The van der Waals surface area contributed by atoms with Crippen LogP contribution in [0.4, 0.5) is 0 Å². The number of likely N-dealkylation sites (tertiary alicyclic amines) is 1. The molecule has 1 N–H and O–H groups in total. The average Bonchev–Trinajstić information content (AvgIpc) is 3.05. The Morgan fingerprint density at radius 2 is 2.15 bits per heavy atom. The molecule has 0 bridgehead atoms. The summed E-state index contributed by atoms with van der Waals surface area (Å²) >= 11 is 0. The van der Waals surface area contributed by atoms with Gasteiger partial charge in [0.2, 0.25) is 17.7 Å². The third-order valence-corrected chi connectivity index (χ3v) is 5.32. The molecule has 6 nitrogen and oxygen atoms in total. The summed E-state index contributed by atoms with van der Waals surface area (Å²) in [4.78, 5) is 29.6. The Balaban J connectivity index is 1.41. The zero-order chi connectivity index (χ0) is 18.4. The number of ether oxygens (including phenoxy) is 1. The Hall–Kier alpha value is -2.11. The summed E-state index contributed by atoms with van der Waals surface area (Å²) in [6.07, 6.45) is 8.42. The molecule has 1 aliphatic heterocycles. The molecule has 1 aromatic rings. The third kappa shape index (κ3) is 5.44. The summed E-state index contributed by atoms with van der Waals surface area (Å²) in [5.74, 6) is 1.55. The van der Waals surface area contributed by atoms with Gasteiger partial charge in [-0.15, -0.1) is 0 Å². The van der Waals surface area contributed by atoms with E-state index >= 15 is 0 Å². The van der Waals surface area contributed by atoms with Crippen molar-refractivity contribution in [3.05, 3.63) is 23.9 Å². The Labute approximate surface area is 155 Å². The number of carbonyl (C=O) groups excluding carboxylic acids is 2. The number of hydrogen-bond donors (Lipinski definition) is 1. The highest BCUT2D eigenvalue weighted by atomic mass is 16.5. The highest BCUT2D eigenvalue weighted by Crippen LogP contribution is 2.26. The molecule has 0 aromatic carbocycles. The first-order valence-corrected chi connectivity index (χ1v) is 9.76. The summed E-state index contributed by atoms with van der Waals surface area (Å²) in [7, 11) is 0. The maximum absolute atomic E-state index is 12.0. The number of aromatic nitrogens is 1. The summed E-state index contributed by atoms with van der Waals surface area (Å²) in [5, 5.41) is 2.91. The SMILES string of the molecule is CC1CCC(Oc2cc(CNC(=O)CCN3CCCC3=O)ccn2)CC1. The molecule has 0 unspecified atom stereocenters. The van der Waals surface area contributed by atoms with Crippen LogP contribution in [0.3, 0.4) is 0 Å².